The average Bonchev–Trinajstić information content (AvgIpc) is 3.09. The molecule has 0 N–H and O–H groups in total. The Labute approximate surface area is 142 Å². The van der Waals surface area contributed by atoms with Crippen molar-refractivity contribution in [1.82, 2.24) is 10.2 Å². The van der Waals surface area contributed by atoms with Crippen LogP contribution in [0.2, 0.25) is 0 Å². The Morgan fingerprint density at radius 1 is 1.04 bits per heavy atom. The maximum Gasteiger partial charge on any atom is 0.416 e. The predicted molar refractivity (Wildman–Crippen MR) is 84.9 cm³/mol. The molecule has 0 radical (unpaired) electrons. The Hall–Kier alpha value is -2.83. The molecule has 0 saturated carbocycles. The largest absolute Gasteiger partial charge is 0.489 e. The number of hydrogen-bond acceptors (Lipinski definition) is 4. The normalized spacial score (nSPS) is 11.5. The molecule has 1 aromatic heterocycles. The molecular formula is C18H15F3N2O2. The predicted octanol–water partition coefficient (Wildman–Crippen LogP) is 4.90. The zero-order valence-electron chi connectivity index (χ0n) is 13.4. The van der Waals surface area contributed by atoms with Crippen LogP contribution in [0.25, 0.3) is 11.5 Å². The number of aryl methyl sites for hydroxylation is 1. The highest BCUT2D eigenvalue weighted by Crippen LogP contribution is 2.30. The van der Waals surface area contributed by atoms with E-state index in [-0.39, 0.29) is 6.61 Å². The molecule has 0 spiro atoms. The Balaban J connectivity index is 1.66. The Kier molecular flexibility index (Phi) is 4.74. The first kappa shape index (κ1) is 17.0. The zero-order valence-corrected chi connectivity index (χ0v) is 13.4. The summed E-state index contributed by atoms with van der Waals surface area (Å²) in [6.07, 6.45) is -3.70. The second kappa shape index (κ2) is 6.96. The fourth-order valence-electron chi connectivity index (χ4n) is 2.21. The van der Waals surface area contributed by atoms with Gasteiger partial charge in [-0.3, -0.25) is 0 Å². The van der Waals surface area contributed by atoms with Crippen LogP contribution < -0.4 is 4.74 Å². The van der Waals surface area contributed by atoms with Gasteiger partial charge in [-0.25, -0.2) is 0 Å². The van der Waals surface area contributed by atoms with Crippen LogP contribution in [-0.2, 0) is 19.2 Å². The Bertz CT molecular complexity index is 842. The number of alkyl halides is 3. The lowest BCUT2D eigenvalue weighted by Gasteiger charge is -2.10. The molecule has 0 fully saturated rings. The van der Waals surface area contributed by atoms with Gasteiger partial charge in [-0.1, -0.05) is 19.1 Å². The molecule has 0 aliphatic carbocycles. The van der Waals surface area contributed by atoms with Crippen molar-refractivity contribution in [2.24, 2.45) is 0 Å². The van der Waals surface area contributed by atoms with Crippen LogP contribution >= 0.6 is 0 Å². The molecule has 1 heterocycles. The fourth-order valence-corrected chi connectivity index (χ4v) is 2.21. The number of benzene rings is 2. The van der Waals surface area contributed by atoms with E-state index in [9.17, 15) is 13.2 Å². The molecule has 4 nitrogen and oxygen atoms in total. The molecule has 0 unspecified atom stereocenters. The third-order valence-electron chi connectivity index (χ3n) is 3.53. The van der Waals surface area contributed by atoms with Gasteiger partial charge in [0.25, 0.3) is 0 Å². The molecule has 2 aromatic carbocycles. The molecule has 0 aliphatic rings. The summed E-state index contributed by atoms with van der Waals surface area (Å²) in [6.45, 7) is 1.96. The van der Waals surface area contributed by atoms with Gasteiger partial charge in [-0.15, -0.1) is 10.2 Å². The lowest BCUT2D eigenvalue weighted by atomic mass is 10.1. The molecule has 0 saturated heterocycles. The third kappa shape index (κ3) is 4.17. The van der Waals surface area contributed by atoms with E-state index in [1.54, 1.807) is 30.3 Å². The quantitative estimate of drug-likeness (QED) is 0.658. The van der Waals surface area contributed by atoms with Crippen LogP contribution in [0.3, 0.4) is 0 Å². The van der Waals surface area contributed by atoms with E-state index in [2.05, 4.69) is 10.2 Å². The number of rotatable bonds is 5. The minimum atomic E-state index is -4.36. The summed E-state index contributed by atoms with van der Waals surface area (Å²) >= 11 is 0. The third-order valence-corrected chi connectivity index (χ3v) is 3.53. The smallest absolute Gasteiger partial charge is 0.416 e. The maximum atomic E-state index is 12.7. The summed E-state index contributed by atoms with van der Waals surface area (Å²) < 4.78 is 49.1. The van der Waals surface area contributed by atoms with Gasteiger partial charge in [0, 0.05) is 12.0 Å². The zero-order chi connectivity index (χ0) is 17.9. The first-order valence-corrected chi connectivity index (χ1v) is 7.67. The second-order valence-corrected chi connectivity index (χ2v) is 5.37. The summed E-state index contributed by atoms with van der Waals surface area (Å²) in [7, 11) is 0. The van der Waals surface area contributed by atoms with E-state index in [4.69, 9.17) is 9.15 Å². The van der Waals surface area contributed by atoms with Crippen molar-refractivity contribution >= 4 is 0 Å². The number of halogens is 3. The molecule has 25 heavy (non-hydrogen) atoms. The first-order chi connectivity index (χ1) is 12.0. The highest BCUT2D eigenvalue weighted by molar-refractivity contribution is 5.53. The highest BCUT2D eigenvalue weighted by atomic mass is 19.4. The summed E-state index contributed by atoms with van der Waals surface area (Å²) in [6, 6.07) is 12.0. The van der Waals surface area contributed by atoms with Crippen LogP contribution in [0.5, 0.6) is 5.75 Å². The number of aromatic nitrogens is 2. The lowest BCUT2D eigenvalue weighted by Crippen LogP contribution is -2.06. The molecule has 7 heteroatoms. The van der Waals surface area contributed by atoms with E-state index < -0.39 is 11.7 Å². The van der Waals surface area contributed by atoms with E-state index in [1.165, 1.54) is 6.07 Å². The van der Waals surface area contributed by atoms with Crippen molar-refractivity contribution in [2.45, 2.75) is 26.1 Å². The van der Waals surface area contributed by atoms with E-state index in [0.717, 1.165) is 17.7 Å². The molecular weight excluding hydrogens is 333 g/mol. The van der Waals surface area contributed by atoms with Crippen molar-refractivity contribution in [3.63, 3.8) is 0 Å². The van der Waals surface area contributed by atoms with Gasteiger partial charge in [-0.05, 0) is 42.0 Å². The highest BCUT2D eigenvalue weighted by Gasteiger charge is 2.30. The SMILES string of the molecule is CCc1nnc(-c2ccc(OCc3cccc(C(F)(F)F)c3)cc2)o1. The summed E-state index contributed by atoms with van der Waals surface area (Å²) in [5.41, 5.74) is 0.508. The number of ether oxygens (including phenoxy) is 1. The van der Waals surface area contributed by atoms with E-state index >= 15 is 0 Å². The van der Waals surface area contributed by atoms with Crippen molar-refractivity contribution in [3.05, 3.63) is 65.5 Å². The monoisotopic (exact) mass is 348 g/mol. The topological polar surface area (TPSA) is 48.2 Å². The van der Waals surface area contributed by atoms with E-state index in [1.807, 2.05) is 6.92 Å². The maximum absolute atomic E-state index is 12.7. The molecule has 3 aromatic rings. The summed E-state index contributed by atoms with van der Waals surface area (Å²) in [5.74, 6) is 1.51. The van der Waals surface area contributed by atoms with Gasteiger partial charge in [-0.2, -0.15) is 13.2 Å². The van der Waals surface area contributed by atoms with Crippen molar-refractivity contribution in [3.8, 4) is 17.2 Å². The fraction of sp³-hybridized carbons (Fsp3) is 0.222. The molecule has 0 aliphatic heterocycles. The van der Waals surface area contributed by atoms with Crippen LogP contribution in [0.15, 0.2) is 52.9 Å². The number of hydrogen-bond donors (Lipinski definition) is 0. The minimum Gasteiger partial charge on any atom is -0.489 e. The van der Waals surface area contributed by atoms with E-state index in [0.29, 0.717) is 29.5 Å². The first-order valence-electron chi connectivity index (χ1n) is 7.67. The minimum absolute atomic E-state index is 0.0454. The Morgan fingerprint density at radius 2 is 1.80 bits per heavy atom. The summed E-state index contributed by atoms with van der Waals surface area (Å²) in [5, 5.41) is 7.85. The molecule has 0 bridgehead atoms. The van der Waals surface area contributed by atoms with Crippen molar-refractivity contribution < 1.29 is 22.3 Å². The van der Waals surface area contributed by atoms with Crippen LogP contribution in [-0.4, -0.2) is 10.2 Å². The van der Waals surface area contributed by atoms with Crippen LogP contribution in [0, 0.1) is 0 Å². The lowest BCUT2D eigenvalue weighted by molar-refractivity contribution is -0.137. The Morgan fingerprint density at radius 3 is 2.44 bits per heavy atom. The van der Waals surface area contributed by atoms with Crippen LogP contribution in [0.1, 0.15) is 23.9 Å². The molecule has 0 amide bonds. The number of nitrogens with zero attached hydrogens (tertiary/aromatic N) is 2. The molecule has 130 valence electrons. The molecule has 3 rings (SSSR count). The molecule has 0 atom stereocenters. The van der Waals surface area contributed by atoms with Crippen LogP contribution in [0.4, 0.5) is 13.2 Å². The second-order valence-electron chi connectivity index (χ2n) is 5.37. The standard InChI is InChI=1S/C18H15F3N2O2/c1-2-16-22-23-17(25-16)13-6-8-15(9-7-13)24-11-12-4-3-5-14(10-12)18(19,20)21/h3-10H,2,11H2,1H3. The van der Waals surface area contributed by atoms with Gasteiger partial charge < -0.3 is 9.15 Å². The van der Waals surface area contributed by atoms with Crippen molar-refractivity contribution in [1.29, 1.82) is 0 Å². The van der Waals surface area contributed by atoms with Gasteiger partial charge in [0.15, 0.2) is 0 Å². The van der Waals surface area contributed by atoms with Gasteiger partial charge in [0.2, 0.25) is 11.8 Å². The van der Waals surface area contributed by atoms with Gasteiger partial charge >= 0.3 is 6.18 Å². The van der Waals surface area contributed by atoms with Gasteiger partial charge in [0.1, 0.15) is 12.4 Å². The van der Waals surface area contributed by atoms with Crippen molar-refractivity contribution in [2.75, 3.05) is 0 Å². The van der Waals surface area contributed by atoms with Gasteiger partial charge in [0.05, 0.1) is 5.56 Å². The summed E-state index contributed by atoms with van der Waals surface area (Å²) in [4.78, 5) is 0. The average molecular weight is 348 g/mol.